The van der Waals surface area contributed by atoms with E-state index in [4.69, 9.17) is 0 Å². The van der Waals surface area contributed by atoms with E-state index in [-0.39, 0.29) is 5.91 Å². The Hall–Kier alpha value is -2.57. The molecule has 1 aliphatic rings. The average molecular weight is 316 g/mol. The van der Waals surface area contributed by atoms with Gasteiger partial charge in [-0.2, -0.15) is 5.10 Å². The number of aromatic nitrogens is 3. The highest BCUT2D eigenvalue weighted by atomic mass is 16.4. The molecule has 0 unspecified atom stereocenters. The van der Waals surface area contributed by atoms with Crippen LogP contribution in [0.1, 0.15) is 34.5 Å². The van der Waals surface area contributed by atoms with Crippen molar-refractivity contribution in [2.45, 2.75) is 32.2 Å². The van der Waals surface area contributed by atoms with Crippen LogP contribution in [0.15, 0.2) is 24.7 Å². The van der Waals surface area contributed by atoms with E-state index in [1.807, 2.05) is 13.8 Å². The number of aromatic amines is 1. The monoisotopic (exact) mass is 316 g/mol. The van der Waals surface area contributed by atoms with Gasteiger partial charge in [0.15, 0.2) is 5.54 Å². The van der Waals surface area contributed by atoms with Crippen molar-refractivity contribution in [1.82, 2.24) is 19.7 Å². The van der Waals surface area contributed by atoms with Crippen LogP contribution in [0.2, 0.25) is 0 Å². The largest absolute Gasteiger partial charge is 0.479 e. The third-order valence-electron chi connectivity index (χ3n) is 4.48. The van der Waals surface area contributed by atoms with Crippen molar-refractivity contribution in [3.63, 3.8) is 0 Å². The molecule has 0 atom stereocenters. The van der Waals surface area contributed by atoms with Crippen LogP contribution in [0.4, 0.5) is 0 Å². The molecule has 1 saturated heterocycles. The Morgan fingerprint density at radius 2 is 1.96 bits per heavy atom. The van der Waals surface area contributed by atoms with Crippen molar-refractivity contribution in [2.24, 2.45) is 0 Å². The first-order valence-corrected chi connectivity index (χ1v) is 7.62. The number of hydrogen-bond donors (Lipinski definition) is 2. The molecule has 1 amide bonds. The van der Waals surface area contributed by atoms with Crippen molar-refractivity contribution < 1.29 is 14.7 Å². The quantitative estimate of drug-likeness (QED) is 0.898. The summed E-state index contributed by atoms with van der Waals surface area (Å²) in [5.74, 6) is -0.989. The molecule has 122 valence electrons. The Morgan fingerprint density at radius 1 is 1.26 bits per heavy atom. The fraction of sp³-hybridized carbons (Fsp3) is 0.438. The van der Waals surface area contributed by atoms with Gasteiger partial charge in [-0.1, -0.05) is 0 Å². The highest BCUT2D eigenvalue weighted by molar-refractivity contribution is 5.93. The van der Waals surface area contributed by atoms with Crippen LogP contribution in [0.25, 0.3) is 0 Å². The summed E-state index contributed by atoms with van der Waals surface area (Å²) in [4.78, 5) is 29.0. The van der Waals surface area contributed by atoms with E-state index in [1.165, 1.54) is 4.68 Å². The van der Waals surface area contributed by atoms with E-state index >= 15 is 0 Å². The minimum Gasteiger partial charge on any atom is -0.479 e. The predicted octanol–water partition coefficient (Wildman–Crippen LogP) is 1.54. The van der Waals surface area contributed by atoms with Crippen molar-refractivity contribution in [1.29, 1.82) is 0 Å². The van der Waals surface area contributed by atoms with Crippen LogP contribution >= 0.6 is 0 Å². The van der Waals surface area contributed by atoms with Gasteiger partial charge in [0, 0.05) is 38.3 Å². The second-order valence-electron chi connectivity index (χ2n) is 6.18. The van der Waals surface area contributed by atoms with Gasteiger partial charge in [-0.05, 0) is 31.0 Å². The molecule has 0 radical (unpaired) electrons. The second kappa shape index (κ2) is 5.57. The molecule has 7 nitrogen and oxygen atoms in total. The zero-order valence-electron chi connectivity index (χ0n) is 13.2. The molecule has 2 N–H and O–H groups in total. The summed E-state index contributed by atoms with van der Waals surface area (Å²) in [5.41, 5.74) is 1.39. The first-order chi connectivity index (χ1) is 10.9. The maximum absolute atomic E-state index is 12.5. The zero-order chi connectivity index (χ0) is 16.6. The number of aryl methyl sites for hydroxylation is 2. The first-order valence-electron chi connectivity index (χ1n) is 7.62. The number of aliphatic carboxylic acids is 1. The number of H-pyrrole nitrogens is 1. The smallest absolute Gasteiger partial charge is 0.331 e. The van der Waals surface area contributed by atoms with E-state index in [9.17, 15) is 14.7 Å². The van der Waals surface area contributed by atoms with Crippen LogP contribution < -0.4 is 0 Å². The Balaban J connectivity index is 1.78. The highest BCUT2D eigenvalue weighted by Crippen LogP contribution is 2.31. The van der Waals surface area contributed by atoms with Gasteiger partial charge in [-0.15, -0.1) is 0 Å². The molecule has 2 aromatic rings. The summed E-state index contributed by atoms with van der Waals surface area (Å²) < 4.78 is 1.53. The number of carbonyl (C=O) groups is 2. The topological polar surface area (TPSA) is 91.2 Å². The standard InChI is InChI=1S/C16H20N4O3/c1-11-7-13(17-8-11)14(21)19-5-3-16(4-6-19,15(22)23)20-10-12(2)9-18-20/h7-10,17H,3-6H2,1-2H3,(H,22,23). The fourth-order valence-electron chi connectivity index (χ4n) is 3.06. The van der Waals surface area contributed by atoms with Crippen LogP contribution in [-0.4, -0.2) is 49.7 Å². The minimum atomic E-state index is -1.07. The normalized spacial score (nSPS) is 17.2. The number of rotatable bonds is 3. The second-order valence-corrected chi connectivity index (χ2v) is 6.18. The van der Waals surface area contributed by atoms with Crippen molar-refractivity contribution in [3.8, 4) is 0 Å². The molecule has 0 saturated carbocycles. The van der Waals surface area contributed by atoms with Gasteiger partial charge < -0.3 is 15.0 Å². The number of amides is 1. The Bertz CT molecular complexity index is 738. The summed E-state index contributed by atoms with van der Waals surface area (Å²) in [5, 5.41) is 13.9. The van der Waals surface area contributed by atoms with Crippen molar-refractivity contribution >= 4 is 11.9 Å². The summed E-state index contributed by atoms with van der Waals surface area (Å²) in [6.07, 6.45) is 5.87. The molecule has 1 fully saturated rings. The van der Waals surface area contributed by atoms with Crippen molar-refractivity contribution in [2.75, 3.05) is 13.1 Å². The van der Waals surface area contributed by atoms with E-state index in [1.54, 1.807) is 29.6 Å². The van der Waals surface area contributed by atoms with Crippen LogP contribution in [0.3, 0.4) is 0 Å². The number of nitrogens with one attached hydrogen (secondary N) is 1. The molecular weight excluding hydrogens is 296 g/mol. The number of carboxylic acid groups (broad SMARTS) is 1. The van der Waals surface area contributed by atoms with Gasteiger partial charge in [0.1, 0.15) is 5.69 Å². The molecule has 3 heterocycles. The summed E-state index contributed by atoms with van der Waals surface area (Å²) in [7, 11) is 0. The van der Waals surface area contributed by atoms with Crippen LogP contribution in [0.5, 0.6) is 0 Å². The molecule has 0 bridgehead atoms. The number of nitrogens with zero attached hydrogens (tertiary/aromatic N) is 3. The van der Waals surface area contributed by atoms with Gasteiger partial charge >= 0.3 is 5.97 Å². The number of hydrogen-bond acceptors (Lipinski definition) is 3. The van der Waals surface area contributed by atoms with Gasteiger partial charge in [-0.25, -0.2) is 4.79 Å². The predicted molar refractivity (Wildman–Crippen MR) is 83.2 cm³/mol. The summed E-state index contributed by atoms with van der Waals surface area (Å²) in [6, 6.07) is 1.80. The number of piperidine rings is 1. The average Bonchev–Trinajstić information content (AvgIpc) is 3.15. The SMILES string of the molecule is Cc1c[nH]c(C(=O)N2CCC(C(=O)O)(n3cc(C)cn3)CC2)c1. The zero-order valence-corrected chi connectivity index (χ0v) is 13.2. The molecule has 0 aliphatic carbocycles. The Labute approximate surface area is 133 Å². The molecule has 0 spiro atoms. The maximum Gasteiger partial charge on any atom is 0.331 e. The Kier molecular flexibility index (Phi) is 3.71. The van der Waals surface area contributed by atoms with E-state index in [0.717, 1.165) is 11.1 Å². The third-order valence-corrected chi connectivity index (χ3v) is 4.48. The molecule has 7 heteroatoms. The maximum atomic E-state index is 12.5. The lowest BCUT2D eigenvalue weighted by Gasteiger charge is -2.38. The molecule has 3 rings (SSSR count). The molecule has 2 aromatic heterocycles. The Morgan fingerprint density at radius 3 is 2.43 bits per heavy atom. The molecule has 0 aromatic carbocycles. The molecule has 23 heavy (non-hydrogen) atoms. The fourth-order valence-corrected chi connectivity index (χ4v) is 3.06. The van der Waals surface area contributed by atoms with Gasteiger partial charge in [0.05, 0.1) is 6.20 Å². The first kappa shape index (κ1) is 15.3. The van der Waals surface area contributed by atoms with Crippen LogP contribution in [0, 0.1) is 13.8 Å². The van der Waals surface area contributed by atoms with Crippen molar-refractivity contribution in [3.05, 3.63) is 41.5 Å². The highest BCUT2D eigenvalue weighted by Gasteiger charge is 2.45. The number of carbonyl (C=O) groups excluding carboxylic acids is 1. The van der Waals surface area contributed by atoms with E-state index < -0.39 is 11.5 Å². The van der Waals surface area contributed by atoms with Gasteiger partial charge in [0.25, 0.3) is 5.91 Å². The molecular formula is C16H20N4O3. The minimum absolute atomic E-state index is 0.0891. The third kappa shape index (κ3) is 2.62. The van der Waals surface area contributed by atoms with Gasteiger partial charge in [0.2, 0.25) is 0 Å². The van der Waals surface area contributed by atoms with E-state index in [2.05, 4.69) is 10.1 Å². The van der Waals surface area contributed by atoms with E-state index in [0.29, 0.717) is 31.6 Å². The van der Waals surface area contributed by atoms with Crippen LogP contribution in [-0.2, 0) is 10.3 Å². The molecule has 1 aliphatic heterocycles. The lowest BCUT2D eigenvalue weighted by molar-refractivity contribution is -0.150. The summed E-state index contributed by atoms with van der Waals surface area (Å²) >= 11 is 0. The lowest BCUT2D eigenvalue weighted by atomic mass is 9.87. The van der Waals surface area contributed by atoms with Gasteiger partial charge in [-0.3, -0.25) is 9.48 Å². The number of carboxylic acids is 1. The number of likely N-dealkylation sites (tertiary alicyclic amines) is 1. The summed E-state index contributed by atoms with van der Waals surface area (Å²) in [6.45, 7) is 4.58. The lowest BCUT2D eigenvalue weighted by Crippen LogP contribution is -2.52.